The van der Waals surface area contributed by atoms with Crippen molar-refractivity contribution in [3.05, 3.63) is 0 Å². The van der Waals surface area contributed by atoms with Crippen molar-refractivity contribution < 1.29 is 24.6 Å². The zero-order valence-corrected chi connectivity index (χ0v) is 10.6. The average molecular weight is 260 g/mol. The third-order valence-electron chi connectivity index (χ3n) is 2.18. The molecule has 7 nitrogen and oxygen atoms in total. The van der Waals surface area contributed by atoms with E-state index in [-0.39, 0.29) is 25.3 Å². The van der Waals surface area contributed by atoms with Crippen LogP contribution >= 0.6 is 0 Å². The number of carbonyl (C=O) groups is 3. The van der Waals surface area contributed by atoms with Gasteiger partial charge >= 0.3 is 11.9 Å². The summed E-state index contributed by atoms with van der Waals surface area (Å²) in [5, 5.41) is 22.6. The fourth-order valence-corrected chi connectivity index (χ4v) is 1.27. The van der Waals surface area contributed by atoms with E-state index < -0.39 is 23.9 Å². The molecule has 0 heterocycles. The molecule has 0 radical (unpaired) electrons. The molecule has 0 aromatic carbocycles. The van der Waals surface area contributed by atoms with Crippen molar-refractivity contribution in [1.29, 1.82) is 0 Å². The smallest absolute Gasteiger partial charge is 0.326 e. The highest BCUT2D eigenvalue weighted by molar-refractivity contribution is 5.84. The third-order valence-corrected chi connectivity index (χ3v) is 2.18. The van der Waals surface area contributed by atoms with Gasteiger partial charge in [-0.25, -0.2) is 4.79 Å². The first-order valence-electron chi connectivity index (χ1n) is 5.80. The Morgan fingerprint density at radius 2 is 1.72 bits per heavy atom. The summed E-state index contributed by atoms with van der Waals surface area (Å²) in [4.78, 5) is 32.6. The minimum atomic E-state index is -1.22. The largest absolute Gasteiger partial charge is 0.481 e. The molecule has 4 N–H and O–H groups in total. The van der Waals surface area contributed by atoms with Gasteiger partial charge in [-0.3, -0.25) is 9.59 Å². The maximum Gasteiger partial charge on any atom is 0.326 e. The van der Waals surface area contributed by atoms with Crippen molar-refractivity contribution in [2.45, 2.75) is 45.2 Å². The lowest BCUT2D eigenvalue weighted by atomic mass is 10.1. The van der Waals surface area contributed by atoms with Crippen LogP contribution in [0.2, 0.25) is 0 Å². The van der Waals surface area contributed by atoms with Gasteiger partial charge < -0.3 is 20.8 Å². The van der Waals surface area contributed by atoms with E-state index >= 15 is 0 Å². The predicted molar refractivity (Wildman–Crippen MR) is 64.2 cm³/mol. The van der Waals surface area contributed by atoms with Crippen LogP contribution in [0.4, 0.5) is 0 Å². The second-order valence-electron chi connectivity index (χ2n) is 4.25. The second-order valence-corrected chi connectivity index (χ2v) is 4.25. The molecule has 1 amide bonds. The molecular weight excluding hydrogens is 240 g/mol. The average Bonchev–Trinajstić information content (AvgIpc) is 2.22. The Bertz CT molecular complexity index is 304. The van der Waals surface area contributed by atoms with Crippen molar-refractivity contribution in [2.75, 3.05) is 6.54 Å². The lowest BCUT2D eigenvalue weighted by Crippen LogP contribution is -2.42. The molecule has 0 spiro atoms. The van der Waals surface area contributed by atoms with Crippen LogP contribution in [-0.4, -0.2) is 46.7 Å². The maximum absolute atomic E-state index is 11.4. The molecular formula is C11H20N2O5. The molecule has 0 aliphatic heterocycles. The van der Waals surface area contributed by atoms with E-state index in [9.17, 15) is 14.4 Å². The fraction of sp³-hybridized carbons (Fsp3) is 0.727. The van der Waals surface area contributed by atoms with Crippen LogP contribution in [0.5, 0.6) is 0 Å². The quantitative estimate of drug-likeness (QED) is 0.456. The molecule has 0 aliphatic rings. The van der Waals surface area contributed by atoms with Crippen LogP contribution in [-0.2, 0) is 14.4 Å². The van der Waals surface area contributed by atoms with Gasteiger partial charge in [-0.15, -0.1) is 0 Å². The summed E-state index contributed by atoms with van der Waals surface area (Å²) in [5.41, 5.74) is 0. The lowest BCUT2D eigenvalue weighted by molar-refractivity contribution is -0.143. The summed E-state index contributed by atoms with van der Waals surface area (Å²) in [6, 6.07) is -0.896. The first-order valence-corrected chi connectivity index (χ1v) is 5.80. The number of hydrogen-bond acceptors (Lipinski definition) is 4. The lowest BCUT2D eigenvalue weighted by Gasteiger charge is -2.14. The second kappa shape index (κ2) is 8.46. The van der Waals surface area contributed by atoms with Crippen LogP contribution < -0.4 is 10.6 Å². The van der Waals surface area contributed by atoms with Crippen LogP contribution in [0.15, 0.2) is 0 Å². The van der Waals surface area contributed by atoms with Crippen molar-refractivity contribution >= 4 is 17.8 Å². The zero-order valence-electron chi connectivity index (χ0n) is 10.6. The molecule has 0 aromatic rings. The molecule has 1 atom stereocenters. The summed E-state index contributed by atoms with van der Waals surface area (Å²) in [7, 11) is 0. The van der Waals surface area contributed by atoms with Crippen LogP contribution in [0.3, 0.4) is 0 Å². The van der Waals surface area contributed by atoms with Gasteiger partial charge in [0.05, 0.1) is 0 Å². The molecule has 0 aliphatic carbocycles. The topological polar surface area (TPSA) is 116 Å². The van der Waals surface area contributed by atoms with Gasteiger partial charge in [-0.05, 0) is 6.42 Å². The molecule has 104 valence electrons. The zero-order chi connectivity index (χ0) is 14.1. The summed E-state index contributed by atoms with van der Waals surface area (Å²) >= 11 is 0. The van der Waals surface area contributed by atoms with Crippen molar-refractivity contribution in [3.63, 3.8) is 0 Å². The molecule has 0 unspecified atom stereocenters. The standard InChI is InChI=1S/C11H20N2O5/c1-7(2)12-6-5-9(14)13-8(11(17)18)3-4-10(15)16/h7-8,12H,3-6H2,1-2H3,(H,13,14)(H,15,16)(H,17,18)/t8-/m0/s1. The van der Waals surface area contributed by atoms with Gasteiger partial charge in [0.2, 0.25) is 5.91 Å². The summed E-state index contributed by atoms with van der Waals surface area (Å²) in [6.45, 7) is 4.32. The Labute approximate surface area is 106 Å². The Kier molecular flexibility index (Phi) is 7.69. The summed E-state index contributed by atoms with van der Waals surface area (Å²) < 4.78 is 0. The molecule has 18 heavy (non-hydrogen) atoms. The van der Waals surface area contributed by atoms with Gasteiger partial charge in [0.15, 0.2) is 0 Å². The van der Waals surface area contributed by atoms with Crippen molar-refractivity contribution in [3.8, 4) is 0 Å². The van der Waals surface area contributed by atoms with E-state index in [2.05, 4.69) is 10.6 Å². The Morgan fingerprint density at radius 3 is 2.17 bits per heavy atom. The normalized spacial score (nSPS) is 12.2. The maximum atomic E-state index is 11.4. The number of aliphatic carboxylic acids is 2. The minimum Gasteiger partial charge on any atom is -0.481 e. The summed E-state index contributed by atoms with van der Waals surface area (Å²) in [5.74, 6) is -2.71. The van der Waals surface area contributed by atoms with Crippen LogP contribution in [0.25, 0.3) is 0 Å². The third kappa shape index (κ3) is 8.51. The van der Waals surface area contributed by atoms with E-state index in [4.69, 9.17) is 10.2 Å². The van der Waals surface area contributed by atoms with Gasteiger partial charge in [-0.1, -0.05) is 13.8 Å². The number of nitrogens with one attached hydrogen (secondary N) is 2. The highest BCUT2D eigenvalue weighted by atomic mass is 16.4. The number of amides is 1. The highest BCUT2D eigenvalue weighted by Crippen LogP contribution is 1.98. The number of hydrogen-bond donors (Lipinski definition) is 4. The van der Waals surface area contributed by atoms with Crippen molar-refractivity contribution in [2.24, 2.45) is 0 Å². The van der Waals surface area contributed by atoms with Gasteiger partial charge in [0, 0.05) is 25.4 Å². The molecule has 0 rings (SSSR count). The Balaban J connectivity index is 4.04. The van der Waals surface area contributed by atoms with Crippen LogP contribution in [0.1, 0.15) is 33.1 Å². The number of carbonyl (C=O) groups excluding carboxylic acids is 1. The monoisotopic (exact) mass is 260 g/mol. The summed E-state index contributed by atoms with van der Waals surface area (Å²) in [6.07, 6.45) is -0.245. The van der Waals surface area contributed by atoms with Gasteiger partial charge in [0.25, 0.3) is 0 Å². The SMILES string of the molecule is CC(C)NCCC(=O)N[C@@H](CCC(=O)O)C(=O)O. The van der Waals surface area contributed by atoms with E-state index in [0.717, 1.165) is 0 Å². The molecule has 0 aromatic heterocycles. The van der Waals surface area contributed by atoms with Crippen LogP contribution in [0, 0.1) is 0 Å². The molecule has 0 fully saturated rings. The molecule has 7 heteroatoms. The van der Waals surface area contributed by atoms with E-state index in [0.29, 0.717) is 6.54 Å². The first kappa shape index (κ1) is 16.4. The van der Waals surface area contributed by atoms with Gasteiger partial charge in [-0.2, -0.15) is 0 Å². The highest BCUT2D eigenvalue weighted by Gasteiger charge is 2.20. The molecule has 0 bridgehead atoms. The van der Waals surface area contributed by atoms with E-state index in [1.807, 2.05) is 13.8 Å². The minimum absolute atomic E-state index is 0.117. The predicted octanol–water partition coefficient (Wildman–Crippen LogP) is -0.191. The Hall–Kier alpha value is -1.63. The Morgan fingerprint density at radius 1 is 1.11 bits per heavy atom. The molecule has 0 saturated carbocycles. The molecule has 0 saturated heterocycles. The van der Waals surface area contributed by atoms with Gasteiger partial charge in [0.1, 0.15) is 6.04 Å². The number of carboxylic acids is 2. The van der Waals surface area contributed by atoms with E-state index in [1.165, 1.54) is 0 Å². The number of rotatable bonds is 9. The van der Waals surface area contributed by atoms with E-state index in [1.54, 1.807) is 0 Å². The first-order chi connectivity index (χ1) is 8.32. The van der Waals surface area contributed by atoms with Crippen molar-refractivity contribution in [1.82, 2.24) is 10.6 Å². The fourth-order valence-electron chi connectivity index (χ4n) is 1.27. The number of carboxylic acid groups (broad SMARTS) is 2.